The number of hydrogen-bond acceptors (Lipinski definition) is 6. The van der Waals surface area contributed by atoms with Gasteiger partial charge in [0, 0.05) is 25.2 Å². The second-order valence-corrected chi connectivity index (χ2v) is 7.81. The Morgan fingerprint density at radius 3 is 2.48 bits per heavy atom. The number of hydrogen-bond donors (Lipinski definition) is 2. The third-order valence-electron chi connectivity index (χ3n) is 5.61. The normalized spacial score (nSPS) is 15.8. The van der Waals surface area contributed by atoms with Gasteiger partial charge >= 0.3 is 0 Å². The molecule has 2 unspecified atom stereocenters. The van der Waals surface area contributed by atoms with Gasteiger partial charge in [0.05, 0.1) is 33.0 Å². The Labute approximate surface area is 195 Å². The molecule has 2 aromatic rings. The van der Waals surface area contributed by atoms with E-state index >= 15 is 0 Å². The van der Waals surface area contributed by atoms with Crippen LogP contribution in [0, 0.1) is 0 Å². The van der Waals surface area contributed by atoms with Gasteiger partial charge in [-0.25, -0.2) is 0 Å². The van der Waals surface area contributed by atoms with Gasteiger partial charge in [-0.2, -0.15) is 0 Å². The molecular weight excluding hydrogens is 422 g/mol. The maximum Gasteiger partial charge on any atom is 0.251 e. The van der Waals surface area contributed by atoms with Crippen LogP contribution in [0.1, 0.15) is 35.8 Å². The first kappa shape index (κ1) is 24.5. The first-order chi connectivity index (χ1) is 16.0. The molecule has 1 fully saturated rings. The number of carbonyl (C=O) groups excluding carboxylic acids is 2. The molecule has 1 aliphatic rings. The molecule has 1 saturated heterocycles. The summed E-state index contributed by atoms with van der Waals surface area (Å²) in [5.74, 6) is 0.822. The molecule has 33 heavy (non-hydrogen) atoms. The van der Waals surface area contributed by atoms with Crippen LogP contribution in [0.3, 0.4) is 0 Å². The van der Waals surface area contributed by atoms with Gasteiger partial charge in [-0.3, -0.25) is 14.5 Å². The van der Waals surface area contributed by atoms with E-state index in [2.05, 4.69) is 15.5 Å². The summed E-state index contributed by atoms with van der Waals surface area (Å²) in [6.45, 7) is 7.35. The lowest BCUT2D eigenvalue weighted by atomic mass is 10.0. The third-order valence-corrected chi connectivity index (χ3v) is 5.61. The highest BCUT2D eigenvalue weighted by atomic mass is 16.5. The summed E-state index contributed by atoms with van der Waals surface area (Å²) in [6, 6.07) is 14.0. The Hall–Kier alpha value is -3.10. The van der Waals surface area contributed by atoms with Gasteiger partial charge in [0.2, 0.25) is 5.91 Å². The van der Waals surface area contributed by atoms with Crippen LogP contribution in [0.25, 0.3) is 0 Å². The third kappa shape index (κ3) is 6.69. The van der Waals surface area contributed by atoms with E-state index in [0.717, 1.165) is 18.7 Å². The highest BCUT2D eigenvalue weighted by Crippen LogP contribution is 2.32. The topological polar surface area (TPSA) is 89.1 Å². The van der Waals surface area contributed by atoms with Crippen LogP contribution in [0.15, 0.2) is 48.5 Å². The first-order valence-electron chi connectivity index (χ1n) is 11.3. The Morgan fingerprint density at radius 1 is 1.09 bits per heavy atom. The zero-order valence-electron chi connectivity index (χ0n) is 19.5. The van der Waals surface area contributed by atoms with E-state index < -0.39 is 6.04 Å². The van der Waals surface area contributed by atoms with E-state index in [1.165, 1.54) is 0 Å². The molecule has 0 radical (unpaired) electrons. The van der Waals surface area contributed by atoms with Crippen LogP contribution in [0.5, 0.6) is 11.5 Å². The second kappa shape index (κ2) is 12.2. The minimum absolute atomic E-state index is 0.0700. The van der Waals surface area contributed by atoms with Crippen LogP contribution >= 0.6 is 0 Å². The van der Waals surface area contributed by atoms with Crippen LogP contribution in [0.4, 0.5) is 0 Å². The predicted octanol–water partition coefficient (Wildman–Crippen LogP) is 2.40. The van der Waals surface area contributed by atoms with Gasteiger partial charge in [0.15, 0.2) is 11.5 Å². The van der Waals surface area contributed by atoms with Crippen LogP contribution < -0.4 is 20.1 Å². The Balaban J connectivity index is 1.69. The fourth-order valence-corrected chi connectivity index (χ4v) is 3.80. The molecule has 2 N–H and O–H groups in total. The maximum absolute atomic E-state index is 12.8. The first-order valence-corrected chi connectivity index (χ1v) is 11.3. The highest BCUT2D eigenvalue weighted by Gasteiger charge is 2.25. The quantitative estimate of drug-likeness (QED) is 0.572. The average Bonchev–Trinajstić information content (AvgIpc) is 2.86. The van der Waals surface area contributed by atoms with Crippen LogP contribution in [-0.4, -0.2) is 69.3 Å². The van der Waals surface area contributed by atoms with Gasteiger partial charge in [-0.1, -0.05) is 24.3 Å². The average molecular weight is 456 g/mol. The summed E-state index contributed by atoms with van der Waals surface area (Å²) in [5, 5.41) is 5.76. The molecule has 1 heterocycles. The lowest BCUT2D eigenvalue weighted by Crippen LogP contribution is -2.48. The maximum atomic E-state index is 12.8. The standard InChI is InChI=1S/C25H33N3O5/c1-4-33-22-11-10-20(16-23(22)31-3)21(28-12-14-32-15-13-28)17-26-24(29)18(2)27-25(30)19-8-6-5-7-9-19/h5-11,16,18,21H,4,12-15,17H2,1-3H3,(H,26,29)(H,27,30). The summed E-state index contributed by atoms with van der Waals surface area (Å²) < 4.78 is 16.7. The SMILES string of the molecule is CCOc1ccc(C(CNC(=O)C(C)NC(=O)c2ccccc2)N2CCOCC2)cc1OC. The summed E-state index contributed by atoms with van der Waals surface area (Å²) in [4.78, 5) is 27.4. The molecule has 3 rings (SSSR count). The van der Waals surface area contributed by atoms with Gasteiger partial charge < -0.3 is 24.8 Å². The Morgan fingerprint density at radius 2 is 1.82 bits per heavy atom. The second-order valence-electron chi connectivity index (χ2n) is 7.81. The summed E-state index contributed by atoms with van der Waals surface area (Å²) in [7, 11) is 1.62. The number of morpholine rings is 1. The summed E-state index contributed by atoms with van der Waals surface area (Å²) in [6.07, 6.45) is 0. The van der Waals surface area contributed by atoms with Crippen LogP contribution in [-0.2, 0) is 9.53 Å². The van der Waals surface area contributed by atoms with Crippen molar-refractivity contribution < 1.29 is 23.8 Å². The number of ether oxygens (including phenoxy) is 3. The predicted molar refractivity (Wildman–Crippen MR) is 126 cm³/mol. The fourth-order valence-electron chi connectivity index (χ4n) is 3.80. The molecule has 0 saturated carbocycles. The summed E-state index contributed by atoms with van der Waals surface area (Å²) in [5.41, 5.74) is 1.53. The monoisotopic (exact) mass is 455 g/mol. The molecule has 0 bridgehead atoms. The molecule has 0 aliphatic carbocycles. The molecule has 2 atom stereocenters. The lowest BCUT2D eigenvalue weighted by molar-refractivity contribution is -0.122. The van der Waals surface area contributed by atoms with Crippen molar-refractivity contribution in [3.8, 4) is 11.5 Å². The zero-order valence-corrected chi connectivity index (χ0v) is 19.5. The van der Waals surface area contributed by atoms with Gasteiger partial charge in [0.25, 0.3) is 5.91 Å². The minimum atomic E-state index is -0.669. The fraction of sp³-hybridized carbons (Fsp3) is 0.440. The largest absolute Gasteiger partial charge is 0.493 e. The molecule has 2 amide bonds. The molecule has 2 aromatic carbocycles. The number of benzene rings is 2. The molecule has 0 spiro atoms. The van der Waals surface area contributed by atoms with Gasteiger partial charge in [-0.15, -0.1) is 0 Å². The molecule has 8 heteroatoms. The number of methoxy groups -OCH3 is 1. The number of carbonyl (C=O) groups is 2. The molecular formula is C25H33N3O5. The smallest absolute Gasteiger partial charge is 0.251 e. The van der Waals surface area contributed by atoms with E-state index in [1.54, 1.807) is 38.3 Å². The Bertz CT molecular complexity index is 916. The van der Waals surface area contributed by atoms with Crippen molar-refractivity contribution in [2.75, 3.05) is 46.6 Å². The van der Waals surface area contributed by atoms with E-state index in [1.807, 2.05) is 31.2 Å². The number of rotatable bonds is 10. The van der Waals surface area contributed by atoms with Crippen molar-refractivity contribution in [2.24, 2.45) is 0 Å². The summed E-state index contributed by atoms with van der Waals surface area (Å²) >= 11 is 0. The lowest BCUT2D eigenvalue weighted by Gasteiger charge is -2.35. The van der Waals surface area contributed by atoms with Crippen molar-refractivity contribution in [2.45, 2.75) is 25.9 Å². The van der Waals surface area contributed by atoms with Crippen molar-refractivity contribution in [3.05, 3.63) is 59.7 Å². The number of nitrogens with one attached hydrogen (secondary N) is 2. The van der Waals surface area contributed by atoms with Crippen molar-refractivity contribution in [3.63, 3.8) is 0 Å². The van der Waals surface area contributed by atoms with Gasteiger partial charge in [0.1, 0.15) is 6.04 Å². The van der Waals surface area contributed by atoms with E-state index in [-0.39, 0.29) is 17.9 Å². The number of amides is 2. The van der Waals surface area contributed by atoms with E-state index in [9.17, 15) is 9.59 Å². The minimum Gasteiger partial charge on any atom is -0.493 e. The van der Waals surface area contributed by atoms with Crippen molar-refractivity contribution in [1.82, 2.24) is 15.5 Å². The molecule has 178 valence electrons. The Kier molecular flexibility index (Phi) is 9.09. The zero-order chi connectivity index (χ0) is 23.6. The van der Waals surface area contributed by atoms with Crippen molar-refractivity contribution >= 4 is 11.8 Å². The molecule has 0 aromatic heterocycles. The van der Waals surface area contributed by atoms with Crippen LogP contribution in [0.2, 0.25) is 0 Å². The van der Waals surface area contributed by atoms with Gasteiger partial charge in [-0.05, 0) is 43.7 Å². The van der Waals surface area contributed by atoms with E-state index in [4.69, 9.17) is 14.2 Å². The highest BCUT2D eigenvalue weighted by molar-refractivity contribution is 5.97. The van der Waals surface area contributed by atoms with E-state index in [0.29, 0.717) is 43.4 Å². The molecule has 8 nitrogen and oxygen atoms in total. The van der Waals surface area contributed by atoms with Crippen molar-refractivity contribution in [1.29, 1.82) is 0 Å². The molecule has 1 aliphatic heterocycles. The number of nitrogens with zero attached hydrogens (tertiary/aromatic N) is 1.